The van der Waals surface area contributed by atoms with E-state index in [1.807, 2.05) is 20.8 Å². The number of ether oxygens (including phenoxy) is 2. The quantitative estimate of drug-likeness (QED) is 0.666. The maximum absolute atomic E-state index is 12.0. The summed E-state index contributed by atoms with van der Waals surface area (Å²) in [6, 6.07) is 0. The Morgan fingerprint density at radius 3 is 2.24 bits per heavy atom. The Morgan fingerprint density at radius 1 is 1.10 bits per heavy atom. The maximum atomic E-state index is 12.0. The van der Waals surface area contributed by atoms with Crippen molar-refractivity contribution in [3.05, 3.63) is 0 Å². The van der Waals surface area contributed by atoms with Gasteiger partial charge in [-0.1, -0.05) is 20.3 Å². The molecule has 1 aliphatic rings. The number of esters is 2. The summed E-state index contributed by atoms with van der Waals surface area (Å²) >= 11 is 0. The van der Waals surface area contributed by atoms with Gasteiger partial charge in [-0.2, -0.15) is 0 Å². The molecule has 0 aliphatic heterocycles. The molecule has 1 rings (SSSR count). The molecule has 1 saturated carbocycles. The number of hydrogen-bond acceptors (Lipinski definition) is 4. The molecule has 0 saturated heterocycles. The van der Waals surface area contributed by atoms with E-state index in [2.05, 4.69) is 6.92 Å². The number of rotatable bonds is 7. The highest BCUT2D eigenvalue weighted by atomic mass is 16.6. The molecule has 0 aromatic rings. The lowest BCUT2D eigenvalue weighted by Gasteiger charge is -2.36. The second-order valence-corrected chi connectivity index (χ2v) is 6.69. The maximum Gasteiger partial charge on any atom is 0.311 e. The van der Waals surface area contributed by atoms with Gasteiger partial charge in [-0.15, -0.1) is 0 Å². The summed E-state index contributed by atoms with van der Waals surface area (Å²) in [4.78, 5) is 23.8. The summed E-state index contributed by atoms with van der Waals surface area (Å²) in [6.07, 6.45) is 7.12. The molecule has 0 radical (unpaired) electrons. The van der Waals surface area contributed by atoms with Crippen LogP contribution in [-0.2, 0) is 19.1 Å². The molecule has 122 valence electrons. The fourth-order valence-corrected chi connectivity index (χ4v) is 2.58. The van der Waals surface area contributed by atoms with Crippen LogP contribution < -0.4 is 0 Å². The Hall–Kier alpha value is -1.06. The van der Waals surface area contributed by atoms with Gasteiger partial charge < -0.3 is 9.47 Å². The van der Waals surface area contributed by atoms with Crippen LogP contribution in [0.25, 0.3) is 0 Å². The lowest BCUT2D eigenvalue weighted by Crippen LogP contribution is -2.37. The monoisotopic (exact) mass is 298 g/mol. The van der Waals surface area contributed by atoms with Crippen LogP contribution in [0.4, 0.5) is 0 Å². The van der Waals surface area contributed by atoms with E-state index < -0.39 is 5.41 Å². The first-order valence-electron chi connectivity index (χ1n) is 8.24. The van der Waals surface area contributed by atoms with Gasteiger partial charge in [0.25, 0.3) is 0 Å². The van der Waals surface area contributed by atoms with Gasteiger partial charge in [-0.3, -0.25) is 9.59 Å². The Morgan fingerprint density at radius 2 is 1.71 bits per heavy atom. The van der Waals surface area contributed by atoms with E-state index in [4.69, 9.17) is 9.47 Å². The first kappa shape index (κ1) is 18.0. The van der Waals surface area contributed by atoms with Crippen LogP contribution in [-0.4, -0.2) is 24.1 Å². The molecule has 1 fully saturated rings. The Balaban J connectivity index is 2.35. The Bertz CT molecular complexity index is 354. The van der Waals surface area contributed by atoms with Crippen LogP contribution in [0.2, 0.25) is 0 Å². The van der Waals surface area contributed by atoms with Crippen molar-refractivity contribution in [2.24, 2.45) is 5.41 Å². The van der Waals surface area contributed by atoms with E-state index in [9.17, 15) is 9.59 Å². The van der Waals surface area contributed by atoms with E-state index in [0.717, 1.165) is 38.5 Å². The van der Waals surface area contributed by atoms with E-state index in [0.29, 0.717) is 0 Å². The fourth-order valence-electron chi connectivity index (χ4n) is 2.58. The third-order valence-corrected chi connectivity index (χ3v) is 4.72. The predicted molar refractivity (Wildman–Crippen MR) is 81.8 cm³/mol. The molecule has 0 unspecified atom stereocenters. The minimum absolute atomic E-state index is 0.112. The van der Waals surface area contributed by atoms with Gasteiger partial charge in [-0.25, -0.2) is 0 Å². The molecule has 0 aromatic carbocycles. The molecule has 1 aliphatic carbocycles. The Labute approximate surface area is 128 Å². The summed E-state index contributed by atoms with van der Waals surface area (Å²) in [6.45, 7) is 7.83. The van der Waals surface area contributed by atoms with Crippen LogP contribution in [0.3, 0.4) is 0 Å². The zero-order valence-corrected chi connectivity index (χ0v) is 14.0. The van der Waals surface area contributed by atoms with Crippen LogP contribution in [0.15, 0.2) is 0 Å². The minimum atomic E-state index is -0.488. The van der Waals surface area contributed by atoms with Gasteiger partial charge in [0.1, 0.15) is 12.2 Å². The predicted octanol–water partition coefficient (Wildman–Crippen LogP) is 4.01. The van der Waals surface area contributed by atoms with E-state index in [1.54, 1.807) is 0 Å². The van der Waals surface area contributed by atoms with Crippen molar-refractivity contribution < 1.29 is 19.1 Å². The van der Waals surface area contributed by atoms with Gasteiger partial charge in [0, 0.05) is 0 Å². The molecule has 0 amide bonds. The lowest BCUT2D eigenvalue weighted by molar-refractivity contribution is -0.167. The summed E-state index contributed by atoms with van der Waals surface area (Å²) in [5.74, 6) is -0.499. The summed E-state index contributed by atoms with van der Waals surface area (Å²) < 4.78 is 10.9. The van der Waals surface area contributed by atoms with Gasteiger partial charge in [-0.05, 0) is 52.4 Å². The van der Waals surface area contributed by atoms with Crippen molar-refractivity contribution in [2.75, 3.05) is 6.61 Å². The molecule has 0 bridgehead atoms. The highest BCUT2D eigenvalue weighted by molar-refractivity contribution is 5.76. The molecule has 0 N–H and O–H groups in total. The molecular formula is C17H30O4. The third kappa shape index (κ3) is 5.33. The van der Waals surface area contributed by atoms with Gasteiger partial charge in [0.05, 0.1) is 11.8 Å². The van der Waals surface area contributed by atoms with Crippen molar-refractivity contribution in [1.29, 1.82) is 0 Å². The molecule has 0 heterocycles. The molecule has 4 nitrogen and oxygen atoms in total. The Kier molecular flexibility index (Phi) is 6.69. The number of carbonyl (C=O) groups excluding carboxylic acids is 2. The molecule has 0 spiro atoms. The van der Waals surface area contributed by atoms with Gasteiger partial charge >= 0.3 is 11.9 Å². The number of hydrogen-bond donors (Lipinski definition) is 0. The van der Waals surface area contributed by atoms with Gasteiger partial charge in [0.15, 0.2) is 0 Å². The minimum Gasteiger partial charge on any atom is -0.465 e. The molecule has 0 atom stereocenters. The summed E-state index contributed by atoms with van der Waals surface area (Å²) in [5, 5.41) is 0. The zero-order valence-electron chi connectivity index (χ0n) is 14.0. The summed E-state index contributed by atoms with van der Waals surface area (Å²) in [5.41, 5.74) is -0.764. The van der Waals surface area contributed by atoms with Crippen molar-refractivity contribution in [1.82, 2.24) is 0 Å². The lowest BCUT2D eigenvalue weighted by atomic mass is 9.83. The SMILES string of the molecule is CCC1(OC(=O)CCOC(=O)C(C)(C)CC)CCCCC1. The summed E-state index contributed by atoms with van der Waals surface area (Å²) in [7, 11) is 0. The second kappa shape index (κ2) is 7.81. The van der Waals surface area contributed by atoms with Crippen molar-refractivity contribution in [2.45, 2.75) is 84.7 Å². The van der Waals surface area contributed by atoms with Crippen LogP contribution in [0.1, 0.15) is 79.1 Å². The largest absolute Gasteiger partial charge is 0.465 e. The van der Waals surface area contributed by atoms with E-state index in [-0.39, 0.29) is 30.6 Å². The first-order valence-corrected chi connectivity index (χ1v) is 8.24. The average Bonchev–Trinajstić information content (AvgIpc) is 2.48. The highest BCUT2D eigenvalue weighted by Gasteiger charge is 2.34. The third-order valence-electron chi connectivity index (χ3n) is 4.72. The first-order chi connectivity index (χ1) is 9.85. The normalized spacial score (nSPS) is 18.1. The molecule has 0 aromatic heterocycles. The molecule has 4 heteroatoms. The topological polar surface area (TPSA) is 52.6 Å². The zero-order chi connectivity index (χ0) is 15.9. The average molecular weight is 298 g/mol. The van der Waals surface area contributed by atoms with E-state index >= 15 is 0 Å². The van der Waals surface area contributed by atoms with E-state index in [1.165, 1.54) is 6.42 Å². The molecular weight excluding hydrogens is 268 g/mol. The van der Waals surface area contributed by atoms with Crippen molar-refractivity contribution >= 4 is 11.9 Å². The van der Waals surface area contributed by atoms with Crippen LogP contribution in [0, 0.1) is 5.41 Å². The smallest absolute Gasteiger partial charge is 0.311 e. The van der Waals surface area contributed by atoms with Crippen molar-refractivity contribution in [3.8, 4) is 0 Å². The van der Waals surface area contributed by atoms with Crippen molar-refractivity contribution in [3.63, 3.8) is 0 Å². The van der Waals surface area contributed by atoms with Gasteiger partial charge in [0.2, 0.25) is 0 Å². The fraction of sp³-hybridized carbons (Fsp3) is 0.882. The second-order valence-electron chi connectivity index (χ2n) is 6.69. The highest BCUT2D eigenvalue weighted by Crippen LogP contribution is 2.34. The van der Waals surface area contributed by atoms with Crippen LogP contribution >= 0.6 is 0 Å². The number of carbonyl (C=O) groups is 2. The van der Waals surface area contributed by atoms with Crippen LogP contribution in [0.5, 0.6) is 0 Å². The molecule has 21 heavy (non-hydrogen) atoms. The standard InChI is InChI=1S/C17H30O4/c1-5-16(3,4)15(19)20-13-10-14(18)21-17(6-2)11-8-7-9-12-17/h5-13H2,1-4H3.